The van der Waals surface area contributed by atoms with Crippen LogP contribution in [-0.4, -0.2) is 22.2 Å². The van der Waals surface area contributed by atoms with Crippen LogP contribution in [0, 0.1) is 22.7 Å². The fourth-order valence-electron chi connectivity index (χ4n) is 10.4. The predicted molar refractivity (Wildman–Crippen MR) is 94.9 cm³/mol. The van der Waals surface area contributed by atoms with Crippen molar-refractivity contribution in [2.24, 2.45) is 45.6 Å². The third-order valence-corrected chi connectivity index (χ3v) is 9.43. The van der Waals surface area contributed by atoms with E-state index in [1.54, 1.807) is 0 Å². The Morgan fingerprint density at radius 2 is 0.708 bits per heavy atom. The first-order chi connectivity index (χ1) is 11.1. The molecule has 24 heavy (non-hydrogen) atoms. The monoisotopic (exact) mass is 330 g/mol. The van der Waals surface area contributed by atoms with Gasteiger partial charge in [-0.3, -0.25) is 0 Å². The Kier molecular flexibility index (Phi) is 2.34. The second-order valence-electron chi connectivity index (χ2n) is 12.0. The molecular formula is C20H34N4. The van der Waals surface area contributed by atoms with Crippen LogP contribution in [0.5, 0.6) is 0 Å². The highest BCUT2D eigenvalue weighted by molar-refractivity contribution is 5.27. The van der Waals surface area contributed by atoms with Crippen molar-refractivity contribution in [1.29, 1.82) is 0 Å². The molecule has 8 aliphatic rings. The Labute approximate surface area is 145 Å². The molecular weight excluding hydrogens is 296 g/mol. The van der Waals surface area contributed by atoms with Gasteiger partial charge >= 0.3 is 0 Å². The van der Waals surface area contributed by atoms with Gasteiger partial charge in [0.05, 0.1) is 0 Å². The van der Waals surface area contributed by atoms with Gasteiger partial charge in [-0.25, -0.2) is 0 Å². The smallest absolute Gasteiger partial charge is 0.0180 e. The topological polar surface area (TPSA) is 104 Å². The second kappa shape index (κ2) is 3.76. The van der Waals surface area contributed by atoms with E-state index in [4.69, 9.17) is 22.9 Å². The first-order valence-electron chi connectivity index (χ1n) is 10.2. The summed E-state index contributed by atoms with van der Waals surface area (Å²) in [6.45, 7) is 0. The third-order valence-electron chi connectivity index (χ3n) is 9.43. The molecule has 0 saturated heterocycles. The van der Waals surface area contributed by atoms with Crippen molar-refractivity contribution in [2.45, 2.75) is 99.2 Å². The van der Waals surface area contributed by atoms with Crippen LogP contribution < -0.4 is 22.9 Å². The number of hydrogen-bond donors (Lipinski definition) is 4. The molecule has 0 aromatic carbocycles. The molecule has 0 spiro atoms. The summed E-state index contributed by atoms with van der Waals surface area (Å²) in [5.74, 6) is 1.48. The molecule has 8 rings (SSSR count). The van der Waals surface area contributed by atoms with Crippen molar-refractivity contribution >= 4 is 0 Å². The van der Waals surface area contributed by atoms with Crippen molar-refractivity contribution in [2.75, 3.05) is 0 Å². The molecule has 4 heteroatoms. The fraction of sp³-hybridized carbons (Fsp3) is 1.00. The average molecular weight is 331 g/mol. The summed E-state index contributed by atoms with van der Waals surface area (Å²) >= 11 is 0. The maximum atomic E-state index is 6.93. The third kappa shape index (κ3) is 1.69. The highest BCUT2D eigenvalue weighted by Gasteiger charge is 2.72. The first-order valence-corrected chi connectivity index (χ1v) is 10.2. The number of nitrogens with two attached hydrogens (primary N) is 4. The van der Waals surface area contributed by atoms with E-state index in [0.29, 0.717) is 10.8 Å². The molecule has 0 aromatic rings. The largest absolute Gasteiger partial charge is 0.325 e. The summed E-state index contributed by atoms with van der Waals surface area (Å²) in [5, 5.41) is 0. The summed E-state index contributed by atoms with van der Waals surface area (Å²) < 4.78 is 0. The van der Waals surface area contributed by atoms with Gasteiger partial charge in [0.1, 0.15) is 0 Å². The van der Waals surface area contributed by atoms with Crippen LogP contribution in [0.15, 0.2) is 0 Å². The molecule has 0 heterocycles. The molecule has 4 atom stereocenters. The predicted octanol–water partition coefficient (Wildman–Crippen LogP) is 1.74. The Hall–Kier alpha value is -0.160. The molecule has 0 aliphatic heterocycles. The van der Waals surface area contributed by atoms with E-state index >= 15 is 0 Å². The number of hydrogen-bond acceptors (Lipinski definition) is 4. The summed E-state index contributed by atoms with van der Waals surface area (Å²) in [6, 6.07) is 0. The number of rotatable bonds is 1. The first kappa shape index (κ1) is 15.0. The van der Waals surface area contributed by atoms with Gasteiger partial charge in [-0.15, -0.1) is 0 Å². The molecule has 4 nitrogen and oxygen atoms in total. The molecule has 0 amide bonds. The van der Waals surface area contributed by atoms with E-state index in [1.807, 2.05) is 0 Å². The van der Waals surface area contributed by atoms with Crippen LogP contribution in [-0.2, 0) is 0 Å². The fourth-order valence-corrected chi connectivity index (χ4v) is 10.4. The van der Waals surface area contributed by atoms with E-state index < -0.39 is 0 Å². The highest BCUT2D eigenvalue weighted by atomic mass is 15.0. The van der Waals surface area contributed by atoms with Crippen molar-refractivity contribution < 1.29 is 0 Å². The van der Waals surface area contributed by atoms with E-state index in [0.717, 1.165) is 24.7 Å². The molecule has 8 fully saturated rings. The van der Waals surface area contributed by atoms with Crippen LogP contribution >= 0.6 is 0 Å². The lowest BCUT2D eigenvalue weighted by Crippen LogP contribution is -2.77. The lowest BCUT2D eigenvalue weighted by molar-refractivity contribution is -0.216. The van der Waals surface area contributed by atoms with Crippen LogP contribution in [0.3, 0.4) is 0 Å². The van der Waals surface area contributed by atoms with Gasteiger partial charge in [-0.05, 0) is 99.7 Å². The summed E-state index contributed by atoms with van der Waals surface area (Å²) in [6.07, 6.45) is 14.4. The van der Waals surface area contributed by atoms with E-state index in [2.05, 4.69) is 0 Å². The van der Waals surface area contributed by atoms with E-state index in [1.165, 1.54) is 64.2 Å². The van der Waals surface area contributed by atoms with E-state index in [9.17, 15) is 0 Å². The minimum Gasteiger partial charge on any atom is -0.325 e. The summed E-state index contributed by atoms with van der Waals surface area (Å²) in [7, 11) is 0. The molecule has 8 bridgehead atoms. The van der Waals surface area contributed by atoms with E-state index in [-0.39, 0.29) is 22.2 Å². The molecule has 8 saturated carbocycles. The Bertz CT molecular complexity index is 539. The zero-order chi connectivity index (χ0) is 16.6. The Morgan fingerprint density at radius 1 is 0.417 bits per heavy atom. The molecule has 4 unspecified atom stereocenters. The quantitative estimate of drug-likeness (QED) is 0.588. The van der Waals surface area contributed by atoms with Crippen LogP contribution in [0.1, 0.15) is 77.0 Å². The maximum Gasteiger partial charge on any atom is 0.0180 e. The van der Waals surface area contributed by atoms with Gasteiger partial charge in [0.15, 0.2) is 0 Å². The van der Waals surface area contributed by atoms with Gasteiger partial charge in [-0.2, -0.15) is 0 Å². The highest BCUT2D eigenvalue weighted by Crippen LogP contribution is 2.75. The standard InChI is InChI=1S/C20H34N4/c21-17-3-13-1-15(7-17,8-18(22,4-13)11-17)16-2-14-5-19(23,9-16)12-20(24,6-14)10-16/h13-14H,1-12,21-24H2. The van der Waals surface area contributed by atoms with Crippen molar-refractivity contribution in [3.05, 3.63) is 0 Å². The zero-order valence-electron chi connectivity index (χ0n) is 14.9. The normalized spacial score (nSPS) is 69.5. The zero-order valence-corrected chi connectivity index (χ0v) is 14.9. The van der Waals surface area contributed by atoms with Gasteiger partial charge in [-0.1, -0.05) is 0 Å². The lowest BCUT2D eigenvalue weighted by atomic mass is 9.31. The van der Waals surface area contributed by atoms with Crippen LogP contribution in [0.25, 0.3) is 0 Å². The molecule has 8 N–H and O–H groups in total. The van der Waals surface area contributed by atoms with Gasteiger partial charge in [0.25, 0.3) is 0 Å². The minimum atomic E-state index is -0.0129. The van der Waals surface area contributed by atoms with Crippen LogP contribution in [0.2, 0.25) is 0 Å². The maximum absolute atomic E-state index is 6.93. The van der Waals surface area contributed by atoms with Gasteiger partial charge in [0.2, 0.25) is 0 Å². The Morgan fingerprint density at radius 3 is 0.958 bits per heavy atom. The second-order valence-corrected chi connectivity index (χ2v) is 12.0. The molecule has 0 aromatic heterocycles. The summed E-state index contributed by atoms with van der Waals surface area (Å²) in [5.41, 5.74) is 28.3. The SMILES string of the molecule is NC12CC3CC(N)(C1)CC(C14CC5CC(N)(CC(N)(C5)C1)C4)(C3)C2. The van der Waals surface area contributed by atoms with Gasteiger partial charge < -0.3 is 22.9 Å². The van der Waals surface area contributed by atoms with Crippen LogP contribution in [0.4, 0.5) is 0 Å². The minimum absolute atomic E-state index is 0.0129. The average Bonchev–Trinajstić information content (AvgIpc) is 2.28. The van der Waals surface area contributed by atoms with Crippen molar-refractivity contribution in [1.82, 2.24) is 0 Å². The summed E-state index contributed by atoms with van der Waals surface area (Å²) in [4.78, 5) is 0. The molecule has 134 valence electrons. The lowest BCUT2D eigenvalue weighted by Gasteiger charge is -2.76. The van der Waals surface area contributed by atoms with Crippen molar-refractivity contribution in [3.8, 4) is 0 Å². The Balaban J connectivity index is 1.49. The van der Waals surface area contributed by atoms with Crippen molar-refractivity contribution in [3.63, 3.8) is 0 Å². The molecule has 0 radical (unpaired) electrons. The molecule has 8 aliphatic carbocycles. The van der Waals surface area contributed by atoms with Gasteiger partial charge in [0, 0.05) is 22.2 Å².